The van der Waals surface area contributed by atoms with Crippen molar-refractivity contribution in [1.82, 2.24) is 4.90 Å². The van der Waals surface area contributed by atoms with Crippen LogP contribution in [0.25, 0.3) is 0 Å². The number of carbonyl (C=O) groups is 1. The first kappa shape index (κ1) is 19.4. The summed E-state index contributed by atoms with van der Waals surface area (Å²) in [5.74, 6) is -0.699. The molecule has 0 bridgehead atoms. The lowest BCUT2D eigenvalue weighted by Crippen LogP contribution is -2.43. The van der Waals surface area contributed by atoms with Crippen LogP contribution in [0, 0.1) is 5.82 Å². The molecule has 3 rings (SSSR count). The molecule has 1 aliphatic heterocycles. The molecule has 5 nitrogen and oxygen atoms in total. The second-order valence-corrected chi connectivity index (χ2v) is 8.46. The van der Waals surface area contributed by atoms with E-state index in [1.54, 1.807) is 23.1 Å². The molecule has 0 unspecified atom stereocenters. The van der Waals surface area contributed by atoms with Gasteiger partial charge >= 0.3 is 0 Å². The van der Waals surface area contributed by atoms with Crippen molar-refractivity contribution in [2.75, 3.05) is 23.9 Å². The highest BCUT2D eigenvalue weighted by Gasteiger charge is 2.29. The number of likely N-dealkylation sites (tertiary alicyclic amines) is 1. The van der Waals surface area contributed by atoms with Gasteiger partial charge < -0.3 is 4.90 Å². The number of carbonyl (C=O) groups excluding carboxylic acids is 1. The summed E-state index contributed by atoms with van der Waals surface area (Å²) in [6.07, 6.45) is 4.00. The van der Waals surface area contributed by atoms with Crippen molar-refractivity contribution in [3.8, 4) is 0 Å². The molecule has 0 spiro atoms. The van der Waals surface area contributed by atoms with Gasteiger partial charge in [0.25, 0.3) is 10.0 Å². The van der Waals surface area contributed by atoms with Crippen LogP contribution in [0.2, 0.25) is 0 Å². The minimum absolute atomic E-state index is 0.0954. The Hall–Kier alpha value is -2.41. The molecular formula is C20H23FN2O3S. The summed E-state index contributed by atoms with van der Waals surface area (Å²) in [6, 6.07) is 13.1. The van der Waals surface area contributed by atoms with Gasteiger partial charge in [0.2, 0.25) is 5.91 Å². The van der Waals surface area contributed by atoms with Crippen LogP contribution in [0.1, 0.15) is 25.7 Å². The van der Waals surface area contributed by atoms with E-state index in [0.717, 1.165) is 30.0 Å². The van der Waals surface area contributed by atoms with Gasteiger partial charge in [-0.05, 0) is 49.2 Å². The second kappa shape index (κ2) is 8.52. The van der Waals surface area contributed by atoms with Crippen LogP contribution in [0.4, 0.5) is 10.1 Å². The molecule has 0 saturated carbocycles. The van der Waals surface area contributed by atoms with E-state index in [4.69, 9.17) is 0 Å². The molecule has 27 heavy (non-hydrogen) atoms. The molecule has 2 aromatic carbocycles. The van der Waals surface area contributed by atoms with Gasteiger partial charge in [-0.15, -0.1) is 0 Å². The molecule has 1 saturated heterocycles. The molecule has 0 radical (unpaired) electrons. The van der Waals surface area contributed by atoms with Crippen molar-refractivity contribution in [2.45, 2.75) is 30.6 Å². The standard InChI is InChI=1S/C20H23FN2O3S/c21-17-10-12-18(13-11-17)23(27(25,26)19-8-4-3-5-9-19)16-20(24)22-14-6-1-2-7-15-22/h3-5,8-13H,1-2,6-7,14-16H2. The molecule has 1 fully saturated rings. The molecule has 1 aliphatic rings. The number of anilines is 1. The van der Waals surface area contributed by atoms with Crippen LogP contribution in [0.5, 0.6) is 0 Å². The van der Waals surface area contributed by atoms with Gasteiger partial charge in [0.1, 0.15) is 12.4 Å². The average Bonchev–Trinajstić information content (AvgIpc) is 2.97. The molecular weight excluding hydrogens is 367 g/mol. The molecule has 144 valence electrons. The van der Waals surface area contributed by atoms with E-state index in [1.165, 1.54) is 36.4 Å². The van der Waals surface area contributed by atoms with Gasteiger partial charge in [-0.3, -0.25) is 9.10 Å². The molecule has 1 heterocycles. The normalized spacial score (nSPS) is 15.2. The van der Waals surface area contributed by atoms with Gasteiger partial charge in [0.05, 0.1) is 10.6 Å². The summed E-state index contributed by atoms with van der Waals surface area (Å²) in [6.45, 7) is 0.978. The zero-order valence-electron chi connectivity index (χ0n) is 15.1. The number of halogens is 1. The zero-order chi connectivity index (χ0) is 19.3. The van der Waals surface area contributed by atoms with E-state index in [1.807, 2.05) is 0 Å². The second-order valence-electron chi connectivity index (χ2n) is 6.60. The Kier molecular flexibility index (Phi) is 6.11. The SMILES string of the molecule is O=C(CN(c1ccc(F)cc1)S(=O)(=O)c1ccccc1)N1CCCCCC1. The molecule has 2 aromatic rings. The van der Waals surface area contributed by atoms with Crippen LogP contribution < -0.4 is 4.31 Å². The van der Waals surface area contributed by atoms with Gasteiger partial charge in [-0.25, -0.2) is 12.8 Å². The summed E-state index contributed by atoms with van der Waals surface area (Å²) >= 11 is 0. The van der Waals surface area contributed by atoms with Crippen molar-refractivity contribution in [2.24, 2.45) is 0 Å². The van der Waals surface area contributed by atoms with Crippen molar-refractivity contribution in [3.63, 3.8) is 0 Å². The lowest BCUT2D eigenvalue weighted by atomic mass is 10.2. The zero-order valence-corrected chi connectivity index (χ0v) is 15.9. The lowest BCUT2D eigenvalue weighted by Gasteiger charge is -2.28. The Morgan fingerprint density at radius 3 is 2.11 bits per heavy atom. The van der Waals surface area contributed by atoms with Gasteiger partial charge in [0, 0.05) is 13.1 Å². The first-order valence-electron chi connectivity index (χ1n) is 9.09. The Bertz CT molecular complexity index is 862. The lowest BCUT2D eigenvalue weighted by molar-refractivity contribution is -0.129. The summed E-state index contributed by atoms with van der Waals surface area (Å²) in [5.41, 5.74) is 0.267. The Morgan fingerprint density at radius 2 is 1.52 bits per heavy atom. The molecule has 0 atom stereocenters. The van der Waals surface area contributed by atoms with Crippen molar-refractivity contribution in [3.05, 3.63) is 60.4 Å². The van der Waals surface area contributed by atoms with Crippen LogP contribution in [0.3, 0.4) is 0 Å². The monoisotopic (exact) mass is 390 g/mol. The van der Waals surface area contributed by atoms with Gasteiger partial charge in [-0.1, -0.05) is 31.0 Å². The first-order chi connectivity index (χ1) is 13.0. The largest absolute Gasteiger partial charge is 0.341 e. The van der Waals surface area contributed by atoms with Crippen molar-refractivity contribution < 1.29 is 17.6 Å². The van der Waals surface area contributed by atoms with E-state index in [-0.39, 0.29) is 23.0 Å². The molecule has 7 heteroatoms. The van der Waals surface area contributed by atoms with Crippen LogP contribution >= 0.6 is 0 Å². The summed E-state index contributed by atoms with van der Waals surface area (Å²) < 4.78 is 40.7. The van der Waals surface area contributed by atoms with Gasteiger partial charge in [0.15, 0.2) is 0 Å². The Balaban J connectivity index is 1.92. The quantitative estimate of drug-likeness (QED) is 0.786. The third-order valence-corrected chi connectivity index (χ3v) is 6.47. The topological polar surface area (TPSA) is 57.7 Å². The highest BCUT2D eigenvalue weighted by molar-refractivity contribution is 7.92. The number of amides is 1. The van der Waals surface area contributed by atoms with Crippen LogP contribution in [-0.4, -0.2) is 38.9 Å². The Morgan fingerprint density at radius 1 is 0.926 bits per heavy atom. The third-order valence-electron chi connectivity index (χ3n) is 4.68. The molecule has 0 aliphatic carbocycles. The van der Waals surface area contributed by atoms with E-state index < -0.39 is 15.8 Å². The maximum Gasteiger partial charge on any atom is 0.264 e. The number of rotatable bonds is 5. The predicted octanol–water partition coefficient (Wildman–Crippen LogP) is 3.42. The first-order valence-corrected chi connectivity index (χ1v) is 10.5. The minimum atomic E-state index is -3.95. The fourth-order valence-corrected chi connectivity index (χ4v) is 4.62. The molecule has 1 amide bonds. The number of sulfonamides is 1. The third kappa shape index (κ3) is 4.66. The van der Waals surface area contributed by atoms with E-state index in [9.17, 15) is 17.6 Å². The van der Waals surface area contributed by atoms with Crippen molar-refractivity contribution >= 4 is 21.6 Å². The number of hydrogen-bond donors (Lipinski definition) is 0. The maximum atomic E-state index is 13.3. The van der Waals surface area contributed by atoms with E-state index in [2.05, 4.69) is 0 Å². The van der Waals surface area contributed by atoms with E-state index in [0.29, 0.717) is 13.1 Å². The fourth-order valence-electron chi connectivity index (χ4n) is 3.19. The summed E-state index contributed by atoms with van der Waals surface area (Å²) in [5, 5.41) is 0. The summed E-state index contributed by atoms with van der Waals surface area (Å²) in [7, 11) is -3.95. The van der Waals surface area contributed by atoms with Gasteiger partial charge in [-0.2, -0.15) is 0 Å². The number of hydrogen-bond acceptors (Lipinski definition) is 3. The predicted molar refractivity (Wildman–Crippen MR) is 102 cm³/mol. The number of nitrogens with zero attached hydrogens (tertiary/aromatic N) is 2. The Labute approximate surface area is 159 Å². The summed E-state index contributed by atoms with van der Waals surface area (Å²) in [4.78, 5) is 14.6. The van der Waals surface area contributed by atoms with Crippen LogP contribution in [-0.2, 0) is 14.8 Å². The minimum Gasteiger partial charge on any atom is -0.341 e. The highest BCUT2D eigenvalue weighted by atomic mass is 32.2. The molecule has 0 N–H and O–H groups in total. The fraction of sp³-hybridized carbons (Fsp3) is 0.350. The smallest absolute Gasteiger partial charge is 0.264 e. The number of benzene rings is 2. The average molecular weight is 390 g/mol. The maximum absolute atomic E-state index is 13.3. The molecule has 0 aromatic heterocycles. The van der Waals surface area contributed by atoms with Crippen molar-refractivity contribution in [1.29, 1.82) is 0 Å². The van der Waals surface area contributed by atoms with Crippen LogP contribution in [0.15, 0.2) is 59.5 Å². The highest BCUT2D eigenvalue weighted by Crippen LogP contribution is 2.24. The van der Waals surface area contributed by atoms with E-state index >= 15 is 0 Å².